The highest BCUT2D eigenvalue weighted by molar-refractivity contribution is 6.01. The van der Waals surface area contributed by atoms with Crippen LogP contribution >= 0.6 is 0 Å². The largest absolute Gasteiger partial charge is 0.461 e. The summed E-state index contributed by atoms with van der Waals surface area (Å²) in [5.41, 5.74) is 2.67. The number of aromatic nitrogens is 1. The first-order valence-corrected chi connectivity index (χ1v) is 8.46. The number of carbonyl (C=O) groups excluding carboxylic acids is 2. The van der Waals surface area contributed by atoms with Crippen LogP contribution in [0, 0.1) is 13.8 Å². The molecule has 0 saturated carbocycles. The van der Waals surface area contributed by atoms with Gasteiger partial charge in [-0.3, -0.25) is 4.79 Å². The lowest BCUT2D eigenvalue weighted by Gasteiger charge is -2.39. The Morgan fingerprint density at radius 3 is 2.26 bits per heavy atom. The normalized spacial score (nSPS) is 21.4. The van der Waals surface area contributed by atoms with E-state index in [0.29, 0.717) is 17.9 Å². The Labute approximate surface area is 138 Å². The Kier molecular flexibility index (Phi) is 5.17. The minimum atomic E-state index is -0.366. The SMILES string of the molecule is CCOC(=O)c1c(C)c(C(=O)N2C(C)CCCC2C)c(C)n1C. The molecule has 1 aliphatic heterocycles. The third-order valence-corrected chi connectivity index (χ3v) is 5.04. The maximum Gasteiger partial charge on any atom is 0.355 e. The van der Waals surface area contributed by atoms with Crippen molar-refractivity contribution in [1.82, 2.24) is 9.47 Å². The molecule has 1 amide bonds. The van der Waals surface area contributed by atoms with Crippen LogP contribution in [0.4, 0.5) is 0 Å². The molecule has 1 aromatic heterocycles. The van der Waals surface area contributed by atoms with Gasteiger partial charge in [0.15, 0.2) is 0 Å². The van der Waals surface area contributed by atoms with Gasteiger partial charge in [0.25, 0.3) is 5.91 Å². The quantitative estimate of drug-likeness (QED) is 0.804. The van der Waals surface area contributed by atoms with Crippen molar-refractivity contribution in [2.24, 2.45) is 7.05 Å². The molecule has 0 aromatic carbocycles. The first kappa shape index (κ1) is 17.6. The Hall–Kier alpha value is -1.78. The Balaban J connectivity index is 2.45. The number of likely N-dealkylation sites (tertiary alicyclic amines) is 1. The van der Waals surface area contributed by atoms with Crippen LogP contribution in [-0.4, -0.2) is 40.0 Å². The van der Waals surface area contributed by atoms with Crippen LogP contribution in [0.25, 0.3) is 0 Å². The van der Waals surface area contributed by atoms with E-state index in [9.17, 15) is 9.59 Å². The van der Waals surface area contributed by atoms with Crippen molar-refractivity contribution in [2.75, 3.05) is 6.61 Å². The summed E-state index contributed by atoms with van der Waals surface area (Å²) >= 11 is 0. The van der Waals surface area contributed by atoms with Crippen molar-refractivity contribution in [3.05, 3.63) is 22.5 Å². The van der Waals surface area contributed by atoms with Gasteiger partial charge in [-0.25, -0.2) is 4.79 Å². The number of piperidine rings is 1. The fourth-order valence-electron chi connectivity index (χ4n) is 3.73. The van der Waals surface area contributed by atoms with E-state index >= 15 is 0 Å². The van der Waals surface area contributed by atoms with Crippen molar-refractivity contribution in [3.63, 3.8) is 0 Å². The molecule has 1 fully saturated rings. The molecule has 23 heavy (non-hydrogen) atoms. The zero-order chi connectivity index (χ0) is 17.3. The molecule has 0 N–H and O–H groups in total. The average Bonchev–Trinajstić information content (AvgIpc) is 2.69. The molecule has 2 rings (SSSR count). The number of hydrogen-bond donors (Lipinski definition) is 0. The maximum atomic E-state index is 13.2. The van der Waals surface area contributed by atoms with E-state index in [1.165, 1.54) is 0 Å². The van der Waals surface area contributed by atoms with Crippen molar-refractivity contribution in [2.45, 2.75) is 66.0 Å². The van der Waals surface area contributed by atoms with Crippen LogP contribution < -0.4 is 0 Å². The molecular formula is C18H28N2O3. The molecule has 1 saturated heterocycles. The Bertz CT molecular complexity index is 608. The second-order valence-electron chi connectivity index (χ2n) is 6.55. The van der Waals surface area contributed by atoms with E-state index in [-0.39, 0.29) is 24.0 Å². The summed E-state index contributed by atoms with van der Waals surface area (Å²) in [6.07, 6.45) is 3.23. The Morgan fingerprint density at radius 1 is 1.17 bits per heavy atom. The first-order valence-electron chi connectivity index (χ1n) is 8.46. The highest BCUT2D eigenvalue weighted by atomic mass is 16.5. The summed E-state index contributed by atoms with van der Waals surface area (Å²) in [6, 6.07) is 0.465. The van der Waals surface area contributed by atoms with Gasteiger partial charge in [0.05, 0.1) is 12.2 Å². The predicted molar refractivity (Wildman–Crippen MR) is 89.8 cm³/mol. The van der Waals surface area contributed by atoms with Gasteiger partial charge in [0.1, 0.15) is 5.69 Å². The maximum absolute atomic E-state index is 13.2. The van der Waals surface area contributed by atoms with Gasteiger partial charge in [-0.15, -0.1) is 0 Å². The molecule has 1 aromatic rings. The summed E-state index contributed by atoms with van der Waals surface area (Å²) in [5, 5.41) is 0. The lowest BCUT2D eigenvalue weighted by molar-refractivity contribution is 0.0507. The molecule has 2 unspecified atom stereocenters. The van der Waals surface area contributed by atoms with Crippen molar-refractivity contribution in [3.8, 4) is 0 Å². The minimum absolute atomic E-state index is 0.0332. The highest BCUT2D eigenvalue weighted by Gasteiger charge is 2.34. The average molecular weight is 320 g/mol. The monoisotopic (exact) mass is 320 g/mol. The lowest BCUT2D eigenvalue weighted by Crippen LogP contribution is -2.47. The third kappa shape index (κ3) is 3.01. The minimum Gasteiger partial charge on any atom is -0.461 e. The first-order chi connectivity index (χ1) is 10.8. The smallest absolute Gasteiger partial charge is 0.355 e. The fourth-order valence-corrected chi connectivity index (χ4v) is 3.73. The van der Waals surface area contributed by atoms with E-state index in [2.05, 4.69) is 13.8 Å². The molecule has 5 heteroatoms. The number of ether oxygens (including phenoxy) is 1. The van der Waals surface area contributed by atoms with E-state index in [4.69, 9.17) is 4.74 Å². The molecule has 0 aliphatic carbocycles. The molecule has 0 spiro atoms. The van der Waals surface area contributed by atoms with Gasteiger partial charge in [-0.05, 0) is 59.4 Å². The summed E-state index contributed by atoms with van der Waals surface area (Å²) < 4.78 is 6.92. The van der Waals surface area contributed by atoms with Crippen LogP contribution in [0.2, 0.25) is 0 Å². The zero-order valence-electron chi connectivity index (χ0n) is 15.1. The van der Waals surface area contributed by atoms with Crippen molar-refractivity contribution in [1.29, 1.82) is 0 Å². The van der Waals surface area contributed by atoms with Crippen molar-refractivity contribution < 1.29 is 14.3 Å². The number of esters is 1. The number of nitrogens with zero attached hydrogens (tertiary/aromatic N) is 2. The standard InChI is InChI=1S/C18H28N2O3/c1-7-23-18(22)16-13(4)15(14(5)19(16)6)17(21)20-11(2)9-8-10-12(20)3/h11-12H,7-10H2,1-6H3. The van der Waals surface area contributed by atoms with Gasteiger partial charge in [0.2, 0.25) is 0 Å². The van der Waals surface area contributed by atoms with Gasteiger partial charge < -0.3 is 14.2 Å². The fraction of sp³-hybridized carbons (Fsp3) is 0.667. The van der Waals surface area contributed by atoms with Gasteiger partial charge >= 0.3 is 5.97 Å². The van der Waals surface area contributed by atoms with Gasteiger partial charge in [-0.1, -0.05) is 0 Å². The molecule has 2 heterocycles. The summed E-state index contributed by atoms with van der Waals surface area (Å²) in [6.45, 7) is 10.0. The number of hydrogen-bond acceptors (Lipinski definition) is 3. The van der Waals surface area contributed by atoms with Crippen LogP contribution in [-0.2, 0) is 11.8 Å². The number of rotatable bonds is 3. The van der Waals surface area contributed by atoms with Crippen LogP contribution in [0.5, 0.6) is 0 Å². The molecule has 0 bridgehead atoms. The molecule has 0 radical (unpaired) electrons. The number of carbonyl (C=O) groups is 2. The van der Waals surface area contributed by atoms with Crippen molar-refractivity contribution >= 4 is 11.9 Å². The van der Waals surface area contributed by atoms with Crippen LogP contribution in [0.3, 0.4) is 0 Å². The van der Waals surface area contributed by atoms with E-state index in [0.717, 1.165) is 30.5 Å². The van der Waals surface area contributed by atoms with Gasteiger partial charge in [0, 0.05) is 24.8 Å². The zero-order valence-corrected chi connectivity index (χ0v) is 15.1. The molecule has 5 nitrogen and oxygen atoms in total. The summed E-state index contributed by atoms with van der Waals surface area (Å²) in [7, 11) is 1.81. The molecular weight excluding hydrogens is 292 g/mol. The second-order valence-corrected chi connectivity index (χ2v) is 6.55. The van der Waals surface area contributed by atoms with Crippen LogP contribution in [0.1, 0.15) is 72.1 Å². The number of amides is 1. The topological polar surface area (TPSA) is 51.5 Å². The molecule has 2 atom stereocenters. The highest BCUT2D eigenvalue weighted by Crippen LogP contribution is 2.29. The van der Waals surface area contributed by atoms with E-state index < -0.39 is 0 Å². The lowest BCUT2D eigenvalue weighted by atomic mass is 9.95. The summed E-state index contributed by atoms with van der Waals surface area (Å²) in [4.78, 5) is 27.4. The Morgan fingerprint density at radius 2 is 1.74 bits per heavy atom. The summed E-state index contributed by atoms with van der Waals surface area (Å²) in [5.74, 6) is -0.333. The van der Waals surface area contributed by atoms with E-state index in [1.54, 1.807) is 11.5 Å². The van der Waals surface area contributed by atoms with Gasteiger partial charge in [-0.2, -0.15) is 0 Å². The van der Waals surface area contributed by atoms with E-state index in [1.807, 2.05) is 25.8 Å². The second kappa shape index (κ2) is 6.77. The predicted octanol–water partition coefficient (Wildman–Crippen LogP) is 3.22. The molecule has 1 aliphatic rings. The molecule has 128 valence electrons. The van der Waals surface area contributed by atoms with Crippen LogP contribution in [0.15, 0.2) is 0 Å². The third-order valence-electron chi connectivity index (χ3n) is 5.04.